The molecule has 0 saturated carbocycles. The molecule has 2 heterocycles. The van der Waals surface area contributed by atoms with Gasteiger partial charge in [0.25, 0.3) is 5.56 Å². The Morgan fingerprint density at radius 1 is 1.40 bits per heavy atom. The van der Waals surface area contributed by atoms with Crippen molar-refractivity contribution in [2.45, 2.75) is 46.1 Å². The average Bonchev–Trinajstić information content (AvgIpc) is 2.80. The Balaban J connectivity index is 2.34. The van der Waals surface area contributed by atoms with E-state index in [4.69, 9.17) is 11.6 Å². The molecule has 0 fully saturated rings. The van der Waals surface area contributed by atoms with Crippen molar-refractivity contribution in [1.82, 2.24) is 14.5 Å². The van der Waals surface area contributed by atoms with Crippen LogP contribution >= 0.6 is 22.9 Å². The maximum atomic E-state index is 12.1. The van der Waals surface area contributed by atoms with Crippen LogP contribution in [0.4, 0.5) is 0 Å². The fourth-order valence-electron chi connectivity index (χ4n) is 2.01. The number of halogens is 1. The van der Waals surface area contributed by atoms with E-state index >= 15 is 0 Å². The van der Waals surface area contributed by atoms with Crippen LogP contribution in [0.5, 0.6) is 0 Å². The van der Waals surface area contributed by atoms with E-state index in [2.05, 4.69) is 16.9 Å². The van der Waals surface area contributed by atoms with E-state index in [1.807, 2.05) is 19.2 Å². The number of aryl methyl sites for hydroxylation is 1. The summed E-state index contributed by atoms with van der Waals surface area (Å²) in [6.07, 6.45) is 2.06. The monoisotopic (exact) mass is 311 g/mol. The Kier molecular flexibility index (Phi) is 4.94. The second-order valence-electron chi connectivity index (χ2n) is 5.00. The summed E-state index contributed by atoms with van der Waals surface area (Å²) in [5.74, 6) is 0.836. The first-order chi connectivity index (χ1) is 9.51. The van der Waals surface area contributed by atoms with Gasteiger partial charge >= 0.3 is 0 Å². The summed E-state index contributed by atoms with van der Waals surface area (Å²) in [6, 6.07) is 1.35. The third-order valence-electron chi connectivity index (χ3n) is 2.91. The second kappa shape index (κ2) is 6.50. The van der Waals surface area contributed by atoms with Crippen LogP contribution in [0.1, 0.15) is 49.6 Å². The molecule has 0 spiro atoms. The van der Waals surface area contributed by atoms with Gasteiger partial charge < -0.3 is 0 Å². The number of hydrogen-bond donors (Lipinski definition) is 0. The zero-order valence-corrected chi connectivity index (χ0v) is 13.5. The zero-order chi connectivity index (χ0) is 14.7. The van der Waals surface area contributed by atoms with Gasteiger partial charge in [-0.05, 0) is 12.8 Å². The Morgan fingerprint density at radius 3 is 2.80 bits per heavy atom. The predicted octanol–water partition coefficient (Wildman–Crippen LogP) is 3.48. The average molecular weight is 312 g/mol. The van der Waals surface area contributed by atoms with Gasteiger partial charge in [0, 0.05) is 17.4 Å². The SMILES string of the molecule is CCCc1nc(Cn2c(C(C)C)nc(Cl)cc2=O)cs1. The number of aromatic nitrogens is 3. The summed E-state index contributed by atoms with van der Waals surface area (Å²) < 4.78 is 1.65. The van der Waals surface area contributed by atoms with Crippen LogP contribution in [0.15, 0.2) is 16.2 Å². The molecular weight excluding hydrogens is 294 g/mol. The van der Waals surface area contributed by atoms with Gasteiger partial charge in [-0.2, -0.15) is 0 Å². The summed E-state index contributed by atoms with van der Waals surface area (Å²) in [7, 11) is 0. The van der Waals surface area contributed by atoms with Gasteiger partial charge in [0.05, 0.1) is 17.2 Å². The lowest BCUT2D eigenvalue weighted by Gasteiger charge is -2.13. The minimum absolute atomic E-state index is 0.126. The molecule has 0 unspecified atom stereocenters. The van der Waals surface area contributed by atoms with Crippen LogP contribution in [-0.2, 0) is 13.0 Å². The molecular formula is C14H18ClN3OS. The van der Waals surface area contributed by atoms with Gasteiger partial charge in [-0.1, -0.05) is 32.4 Å². The Hall–Kier alpha value is -1.20. The van der Waals surface area contributed by atoms with Crippen LogP contribution in [0.2, 0.25) is 5.15 Å². The van der Waals surface area contributed by atoms with Crippen molar-refractivity contribution in [3.63, 3.8) is 0 Å². The van der Waals surface area contributed by atoms with E-state index in [0.29, 0.717) is 12.4 Å². The molecule has 2 rings (SSSR count). The topological polar surface area (TPSA) is 47.8 Å². The Labute approximate surface area is 127 Å². The molecule has 0 amide bonds. The van der Waals surface area contributed by atoms with E-state index in [9.17, 15) is 4.79 Å². The van der Waals surface area contributed by atoms with Crippen molar-refractivity contribution < 1.29 is 0 Å². The number of nitrogens with zero attached hydrogens (tertiary/aromatic N) is 3. The molecule has 0 atom stereocenters. The van der Waals surface area contributed by atoms with E-state index in [1.54, 1.807) is 15.9 Å². The lowest BCUT2D eigenvalue weighted by molar-refractivity contribution is 0.618. The highest BCUT2D eigenvalue weighted by atomic mass is 35.5. The fraction of sp³-hybridized carbons (Fsp3) is 0.500. The highest BCUT2D eigenvalue weighted by Crippen LogP contribution is 2.16. The summed E-state index contributed by atoms with van der Waals surface area (Å²) >= 11 is 7.52. The molecule has 108 valence electrons. The first-order valence-electron chi connectivity index (χ1n) is 6.71. The first-order valence-corrected chi connectivity index (χ1v) is 7.97. The van der Waals surface area contributed by atoms with Crippen LogP contribution in [0.25, 0.3) is 0 Å². The molecule has 20 heavy (non-hydrogen) atoms. The van der Waals surface area contributed by atoms with E-state index in [-0.39, 0.29) is 16.6 Å². The van der Waals surface area contributed by atoms with Crippen molar-refractivity contribution >= 4 is 22.9 Å². The fourth-order valence-corrected chi connectivity index (χ4v) is 3.08. The second-order valence-corrected chi connectivity index (χ2v) is 6.33. The number of rotatable bonds is 5. The van der Waals surface area contributed by atoms with Gasteiger partial charge in [0.15, 0.2) is 0 Å². The van der Waals surface area contributed by atoms with Gasteiger partial charge in [-0.3, -0.25) is 9.36 Å². The lowest BCUT2D eigenvalue weighted by atomic mass is 10.2. The van der Waals surface area contributed by atoms with Crippen LogP contribution < -0.4 is 5.56 Å². The summed E-state index contributed by atoms with van der Waals surface area (Å²) in [4.78, 5) is 21.0. The quantitative estimate of drug-likeness (QED) is 0.794. The molecule has 0 N–H and O–H groups in total. The summed E-state index contributed by atoms with van der Waals surface area (Å²) in [6.45, 7) is 6.58. The lowest BCUT2D eigenvalue weighted by Crippen LogP contribution is -2.26. The van der Waals surface area contributed by atoms with Crippen LogP contribution in [-0.4, -0.2) is 14.5 Å². The largest absolute Gasteiger partial charge is 0.290 e. The highest BCUT2D eigenvalue weighted by Gasteiger charge is 2.13. The van der Waals surface area contributed by atoms with Gasteiger partial charge in [-0.25, -0.2) is 9.97 Å². The molecule has 0 bridgehead atoms. The molecule has 0 radical (unpaired) electrons. The smallest absolute Gasteiger partial charge is 0.255 e. The van der Waals surface area contributed by atoms with Crippen molar-refractivity contribution in [2.24, 2.45) is 0 Å². The van der Waals surface area contributed by atoms with Gasteiger partial charge in [-0.15, -0.1) is 11.3 Å². The van der Waals surface area contributed by atoms with E-state index in [1.165, 1.54) is 6.07 Å². The van der Waals surface area contributed by atoms with Gasteiger partial charge in [0.2, 0.25) is 0 Å². The molecule has 6 heteroatoms. The van der Waals surface area contributed by atoms with Crippen molar-refractivity contribution in [2.75, 3.05) is 0 Å². The molecule has 0 aliphatic heterocycles. The maximum Gasteiger partial charge on any atom is 0.255 e. The first kappa shape index (κ1) is 15.2. The summed E-state index contributed by atoms with van der Waals surface area (Å²) in [5, 5.41) is 3.37. The van der Waals surface area contributed by atoms with Crippen molar-refractivity contribution in [3.05, 3.63) is 43.5 Å². The maximum absolute atomic E-state index is 12.1. The molecule has 0 aliphatic rings. The Bertz CT molecular complexity index is 648. The van der Waals surface area contributed by atoms with Crippen molar-refractivity contribution in [1.29, 1.82) is 0 Å². The van der Waals surface area contributed by atoms with E-state index in [0.717, 1.165) is 23.5 Å². The standard InChI is InChI=1S/C14H18ClN3OS/c1-4-5-12-16-10(8-20-12)7-18-13(19)6-11(15)17-14(18)9(2)3/h6,8-9H,4-5,7H2,1-3H3. The molecule has 0 aliphatic carbocycles. The minimum atomic E-state index is -0.126. The number of hydrogen-bond acceptors (Lipinski definition) is 4. The molecule has 2 aromatic rings. The molecule has 2 aromatic heterocycles. The minimum Gasteiger partial charge on any atom is -0.290 e. The molecule has 0 aromatic carbocycles. The summed E-state index contributed by atoms with van der Waals surface area (Å²) in [5.41, 5.74) is 0.783. The molecule has 4 nitrogen and oxygen atoms in total. The normalized spacial score (nSPS) is 11.2. The van der Waals surface area contributed by atoms with Crippen molar-refractivity contribution in [3.8, 4) is 0 Å². The van der Waals surface area contributed by atoms with E-state index < -0.39 is 0 Å². The highest BCUT2D eigenvalue weighted by molar-refractivity contribution is 7.09. The third-order valence-corrected chi connectivity index (χ3v) is 4.06. The zero-order valence-electron chi connectivity index (χ0n) is 11.9. The molecule has 0 saturated heterocycles. The van der Waals surface area contributed by atoms with Gasteiger partial charge in [0.1, 0.15) is 11.0 Å². The third kappa shape index (κ3) is 3.46. The number of thiazole rings is 1. The van der Waals surface area contributed by atoms with Crippen LogP contribution in [0, 0.1) is 0 Å². The predicted molar refractivity (Wildman–Crippen MR) is 82.8 cm³/mol. The Morgan fingerprint density at radius 2 is 2.15 bits per heavy atom. The van der Waals surface area contributed by atoms with Crippen LogP contribution in [0.3, 0.4) is 0 Å².